The molecule has 1 atom stereocenters. The van der Waals surface area contributed by atoms with Crippen molar-refractivity contribution in [3.63, 3.8) is 0 Å². The van der Waals surface area contributed by atoms with Crippen molar-refractivity contribution in [1.29, 1.82) is 0 Å². The van der Waals surface area contributed by atoms with E-state index in [1.807, 2.05) is 0 Å². The second-order valence-corrected chi connectivity index (χ2v) is 6.56. The first-order valence-corrected chi connectivity index (χ1v) is 8.53. The van der Waals surface area contributed by atoms with Gasteiger partial charge in [0.25, 0.3) is 0 Å². The number of nitrogens with zero attached hydrogens (tertiary/aromatic N) is 6. The van der Waals surface area contributed by atoms with E-state index < -0.39 is 17.6 Å². The number of anilines is 1. The normalized spacial score (nSPS) is 16.2. The third-order valence-corrected chi connectivity index (χ3v) is 4.81. The lowest BCUT2D eigenvalue weighted by Gasteiger charge is -2.24. The number of benzene rings is 1. The minimum atomic E-state index is -0.693. The van der Waals surface area contributed by atoms with Crippen LogP contribution in [0.4, 0.5) is 14.6 Å². The number of hydrogen-bond acceptors (Lipinski definition) is 5. The topological polar surface area (TPSA) is 90.0 Å². The second kappa shape index (κ2) is 5.91. The number of hydrogen-bond donors (Lipinski definition) is 1. The lowest BCUT2D eigenvalue weighted by molar-refractivity contribution is -0.116. The van der Waals surface area contributed by atoms with Gasteiger partial charge < -0.3 is 5.32 Å². The maximum absolute atomic E-state index is 14.4. The van der Waals surface area contributed by atoms with Crippen LogP contribution in [0.15, 0.2) is 36.7 Å². The van der Waals surface area contributed by atoms with Crippen LogP contribution in [0.2, 0.25) is 0 Å². The number of aromatic nitrogens is 6. The molecule has 0 spiro atoms. The van der Waals surface area contributed by atoms with Gasteiger partial charge in [-0.3, -0.25) is 4.79 Å². The van der Waals surface area contributed by atoms with Gasteiger partial charge in [-0.25, -0.2) is 8.78 Å². The van der Waals surface area contributed by atoms with E-state index in [4.69, 9.17) is 0 Å². The van der Waals surface area contributed by atoms with E-state index in [9.17, 15) is 13.6 Å². The van der Waals surface area contributed by atoms with E-state index in [0.29, 0.717) is 28.5 Å². The molecule has 1 unspecified atom stereocenters. The maximum Gasteiger partial charge on any atom is 0.226 e. The Hall–Kier alpha value is -3.69. The van der Waals surface area contributed by atoms with Gasteiger partial charge in [-0.1, -0.05) is 6.07 Å². The molecule has 4 aromatic rings. The van der Waals surface area contributed by atoms with Crippen molar-refractivity contribution in [3.05, 3.63) is 65.1 Å². The van der Waals surface area contributed by atoms with Crippen LogP contribution in [0.1, 0.15) is 29.2 Å². The van der Waals surface area contributed by atoms with E-state index in [0.717, 1.165) is 6.07 Å². The largest absolute Gasteiger partial charge is 0.310 e. The first kappa shape index (κ1) is 16.5. The lowest BCUT2D eigenvalue weighted by atomic mass is 9.85. The molecule has 0 saturated carbocycles. The summed E-state index contributed by atoms with van der Waals surface area (Å²) in [6.07, 6.45) is 1.50. The summed E-state index contributed by atoms with van der Waals surface area (Å²) in [5, 5.41) is 19.4. The number of rotatable bonds is 2. The molecule has 10 heteroatoms. The number of amides is 1. The standard InChI is InChI=1S/C18H13F2N7O/c1-9-17-12(11-3-2-10(19)6-13(11)20)7-16(28)22-18(17)27(24-9)15-5-4-14-23-21-8-26(14)25-15/h2-6,8,12H,7H2,1H3,(H,22,28). The predicted molar refractivity (Wildman–Crippen MR) is 94.1 cm³/mol. The van der Waals surface area contributed by atoms with Gasteiger partial charge in [0.15, 0.2) is 11.5 Å². The number of aryl methyl sites for hydroxylation is 1. The third kappa shape index (κ3) is 2.45. The van der Waals surface area contributed by atoms with Crippen molar-refractivity contribution in [1.82, 2.24) is 29.6 Å². The highest BCUT2D eigenvalue weighted by Gasteiger charge is 2.34. The number of nitrogens with one attached hydrogen (secondary N) is 1. The summed E-state index contributed by atoms with van der Waals surface area (Å²) in [7, 11) is 0. The van der Waals surface area contributed by atoms with Crippen LogP contribution >= 0.6 is 0 Å². The SMILES string of the molecule is Cc1nn(-c2ccc3nncn3n2)c2c1C(c1ccc(F)cc1F)CC(=O)N2. The first-order chi connectivity index (χ1) is 13.5. The van der Waals surface area contributed by atoms with E-state index in [1.165, 1.54) is 27.7 Å². The summed E-state index contributed by atoms with van der Waals surface area (Å²) >= 11 is 0. The second-order valence-electron chi connectivity index (χ2n) is 6.56. The fourth-order valence-corrected chi connectivity index (χ4v) is 3.59. The Kier molecular flexibility index (Phi) is 3.48. The van der Waals surface area contributed by atoms with Crippen molar-refractivity contribution in [2.24, 2.45) is 0 Å². The van der Waals surface area contributed by atoms with Gasteiger partial charge >= 0.3 is 0 Å². The van der Waals surface area contributed by atoms with E-state index in [2.05, 4.69) is 25.7 Å². The molecule has 0 aliphatic carbocycles. The first-order valence-electron chi connectivity index (χ1n) is 8.53. The minimum Gasteiger partial charge on any atom is -0.310 e. The Morgan fingerprint density at radius 1 is 1.18 bits per heavy atom. The Bertz CT molecular complexity index is 1250. The average molecular weight is 381 g/mol. The van der Waals surface area contributed by atoms with Crippen LogP contribution in [0, 0.1) is 18.6 Å². The van der Waals surface area contributed by atoms with Crippen LogP contribution in [0.3, 0.4) is 0 Å². The van der Waals surface area contributed by atoms with Crippen molar-refractivity contribution in [3.8, 4) is 5.82 Å². The van der Waals surface area contributed by atoms with Crippen molar-refractivity contribution in [2.75, 3.05) is 5.32 Å². The molecule has 5 rings (SSSR count). The Balaban J connectivity index is 1.69. The van der Waals surface area contributed by atoms with Crippen molar-refractivity contribution in [2.45, 2.75) is 19.3 Å². The highest BCUT2D eigenvalue weighted by molar-refractivity contribution is 5.95. The Morgan fingerprint density at radius 2 is 2.04 bits per heavy atom. The minimum absolute atomic E-state index is 0.0417. The van der Waals surface area contributed by atoms with Crippen molar-refractivity contribution < 1.29 is 13.6 Å². The van der Waals surface area contributed by atoms with Gasteiger partial charge in [0.2, 0.25) is 5.91 Å². The molecular formula is C18H13F2N7O. The van der Waals surface area contributed by atoms with E-state index >= 15 is 0 Å². The van der Waals surface area contributed by atoms with Crippen LogP contribution < -0.4 is 5.32 Å². The molecule has 1 aromatic carbocycles. The monoisotopic (exact) mass is 381 g/mol. The third-order valence-electron chi connectivity index (χ3n) is 4.81. The molecule has 1 amide bonds. The summed E-state index contributed by atoms with van der Waals surface area (Å²) in [6, 6.07) is 6.80. The molecule has 1 N–H and O–H groups in total. The fourth-order valence-electron chi connectivity index (χ4n) is 3.59. The number of carbonyl (C=O) groups is 1. The molecule has 1 aliphatic heterocycles. The molecule has 1 aliphatic rings. The smallest absolute Gasteiger partial charge is 0.226 e. The van der Waals surface area contributed by atoms with Gasteiger partial charge in [0, 0.05) is 24.0 Å². The Labute approximate surface area is 156 Å². The van der Waals surface area contributed by atoms with E-state index in [-0.39, 0.29) is 17.9 Å². The molecule has 28 heavy (non-hydrogen) atoms. The highest BCUT2D eigenvalue weighted by Crippen LogP contribution is 2.40. The van der Waals surface area contributed by atoms with Crippen molar-refractivity contribution >= 4 is 17.4 Å². The van der Waals surface area contributed by atoms with Crippen LogP contribution in [0.25, 0.3) is 11.5 Å². The predicted octanol–water partition coefficient (Wildman–Crippen LogP) is 2.37. The zero-order valence-electron chi connectivity index (χ0n) is 14.6. The molecule has 0 bridgehead atoms. The molecular weight excluding hydrogens is 368 g/mol. The number of fused-ring (bicyclic) bond motifs is 2. The molecule has 3 aromatic heterocycles. The molecule has 0 radical (unpaired) electrons. The molecule has 4 heterocycles. The molecule has 140 valence electrons. The van der Waals surface area contributed by atoms with Crippen LogP contribution in [-0.4, -0.2) is 35.5 Å². The maximum atomic E-state index is 14.4. The summed E-state index contributed by atoms with van der Waals surface area (Å²) in [5.41, 5.74) is 2.12. The van der Waals surface area contributed by atoms with Gasteiger partial charge in [-0.2, -0.15) is 14.3 Å². The Morgan fingerprint density at radius 3 is 2.86 bits per heavy atom. The lowest BCUT2D eigenvalue weighted by Crippen LogP contribution is -2.25. The molecule has 0 fully saturated rings. The highest BCUT2D eigenvalue weighted by atomic mass is 19.1. The zero-order valence-corrected chi connectivity index (χ0v) is 14.6. The van der Waals surface area contributed by atoms with E-state index in [1.54, 1.807) is 19.1 Å². The summed E-state index contributed by atoms with van der Waals surface area (Å²) in [4.78, 5) is 12.4. The van der Waals surface area contributed by atoms with Crippen LogP contribution in [-0.2, 0) is 4.79 Å². The van der Waals surface area contributed by atoms with Gasteiger partial charge in [-0.05, 0) is 30.7 Å². The summed E-state index contributed by atoms with van der Waals surface area (Å²) in [5.74, 6) is -1.36. The molecule has 0 saturated heterocycles. The van der Waals surface area contributed by atoms with Gasteiger partial charge in [0.05, 0.1) is 5.69 Å². The quantitative estimate of drug-likeness (QED) is 0.576. The zero-order chi connectivity index (χ0) is 19.4. The summed E-state index contributed by atoms with van der Waals surface area (Å²) < 4.78 is 30.7. The average Bonchev–Trinajstić information content (AvgIpc) is 3.25. The molecule has 8 nitrogen and oxygen atoms in total. The van der Waals surface area contributed by atoms with Gasteiger partial charge in [-0.15, -0.1) is 15.3 Å². The number of halogens is 2. The fraction of sp³-hybridized carbons (Fsp3) is 0.167. The summed E-state index contributed by atoms with van der Waals surface area (Å²) in [6.45, 7) is 1.78. The van der Waals surface area contributed by atoms with Crippen LogP contribution in [0.5, 0.6) is 0 Å². The number of carbonyl (C=O) groups excluding carboxylic acids is 1. The van der Waals surface area contributed by atoms with Gasteiger partial charge in [0.1, 0.15) is 23.8 Å².